The highest BCUT2D eigenvalue weighted by Crippen LogP contribution is 2.29. The number of hydrogen-bond acceptors (Lipinski definition) is 5. The van der Waals surface area contributed by atoms with E-state index < -0.39 is 5.91 Å². The molecule has 0 spiro atoms. The second-order valence-electron chi connectivity index (χ2n) is 5.76. The zero-order chi connectivity index (χ0) is 18.1. The fourth-order valence-electron chi connectivity index (χ4n) is 2.61. The van der Waals surface area contributed by atoms with Crippen molar-refractivity contribution in [2.75, 3.05) is 0 Å². The lowest BCUT2D eigenvalue weighted by molar-refractivity contribution is 0.100. The van der Waals surface area contributed by atoms with Gasteiger partial charge in [0.05, 0.1) is 5.39 Å². The Bertz CT molecular complexity index is 1000. The van der Waals surface area contributed by atoms with Gasteiger partial charge in [-0.2, -0.15) is 0 Å². The third-order valence-electron chi connectivity index (χ3n) is 4.18. The van der Waals surface area contributed by atoms with Crippen LogP contribution in [0.2, 0.25) is 0 Å². The molecule has 0 radical (unpaired) electrons. The van der Waals surface area contributed by atoms with Crippen molar-refractivity contribution in [1.29, 1.82) is 0 Å². The Morgan fingerprint density at radius 1 is 1.28 bits per heavy atom. The van der Waals surface area contributed by atoms with Crippen molar-refractivity contribution in [2.45, 2.75) is 38.2 Å². The van der Waals surface area contributed by atoms with Crippen LogP contribution in [0.4, 0.5) is 0 Å². The van der Waals surface area contributed by atoms with Gasteiger partial charge in [0.15, 0.2) is 5.16 Å². The molecule has 0 aliphatic rings. The molecule has 3 aromatic rings. The van der Waals surface area contributed by atoms with E-state index in [1.165, 1.54) is 11.8 Å². The highest BCUT2D eigenvalue weighted by molar-refractivity contribution is 7.98. The summed E-state index contributed by atoms with van der Waals surface area (Å²) < 4.78 is 1.73. The zero-order valence-corrected chi connectivity index (χ0v) is 16.0. The number of fused-ring (bicyclic) bond motifs is 1. The number of amides is 1. The smallest absolute Gasteiger partial charge is 0.263 e. The number of rotatable bonds is 5. The average Bonchev–Trinajstić information content (AvgIpc) is 2.88. The topological polar surface area (TPSA) is 78.0 Å². The number of hydrogen-bond donors (Lipinski definition) is 1. The van der Waals surface area contributed by atoms with Crippen LogP contribution in [0, 0.1) is 13.8 Å². The van der Waals surface area contributed by atoms with Crippen molar-refractivity contribution in [3.63, 3.8) is 0 Å². The van der Waals surface area contributed by atoms with Gasteiger partial charge in [-0.05, 0) is 44.0 Å². The van der Waals surface area contributed by atoms with E-state index in [4.69, 9.17) is 10.7 Å². The first-order valence-corrected chi connectivity index (χ1v) is 9.74. The molecule has 0 saturated carbocycles. The summed E-state index contributed by atoms with van der Waals surface area (Å²) >= 11 is 3.09. The molecular weight excluding hydrogens is 354 g/mol. The second kappa shape index (κ2) is 7.01. The van der Waals surface area contributed by atoms with Crippen molar-refractivity contribution in [2.24, 2.45) is 5.73 Å². The number of thiophene rings is 1. The molecule has 1 amide bonds. The van der Waals surface area contributed by atoms with Crippen LogP contribution in [0.25, 0.3) is 10.2 Å². The Labute approximate surface area is 153 Å². The molecule has 7 heteroatoms. The first-order chi connectivity index (χ1) is 11.9. The number of carbonyl (C=O) groups excluding carboxylic acids is 1. The van der Waals surface area contributed by atoms with Gasteiger partial charge in [0.25, 0.3) is 5.56 Å². The van der Waals surface area contributed by atoms with E-state index in [9.17, 15) is 9.59 Å². The van der Waals surface area contributed by atoms with E-state index in [0.717, 1.165) is 31.4 Å². The van der Waals surface area contributed by atoms with Crippen LogP contribution in [0.1, 0.15) is 33.3 Å². The lowest BCUT2D eigenvalue weighted by atomic mass is 10.1. The maximum Gasteiger partial charge on any atom is 0.263 e. The molecule has 130 valence electrons. The maximum absolute atomic E-state index is 12.8. The van der Waals surface area contributed by atoms with Gasteiger partial charge in [0.1, 0.15) is 4.83 Å². The van der Waals surface area contributed by atoms with E-state index in [0.29, 0.717) is 17.9 Å². The van der Waals surface area contributed by atoms with Crippen LogP contribution in [0.3, 0.4) is 0 Å². The van der Waals surface area contributed by atoms with Crippen LogP contribution in [-0.2, 0) is 12.3 Å². The minimum absolute atomic E-state index is 0.0286. The summed E-state index contributed by atoms with van der Waals surface area (Å²) in [6.07, 6.45) is 0. The van der Waals surface area contributed by atoms with Crippen molar-refractivity contribution >= 4 is 39.2 Å². The third kappa shape index (κ3) is 3.34. The van der Waals surface area contributed by atoms with E-state index in [1.807, 2.05) is 32.9 Å². The lowest BCUT2D eigenvalue weighted by Gasteiger charge is -2.10. The minimum atomic E-state index is -0.436. The summed E-state index contributed by atoms with van der Waals surface area (Å²) in [5, 5.41) is 1.46. The van der Waals surface area contributed by atoms with Crippen LogP contribution >= 0.6 is 23.1 Å². The average molecular weight is 374 g/mol. The minimum Gasteiger partial charge on any atom is -0.366 e. The summed E-state index contributed by atoms with van der Waals surface area (Å²) in [4.78, 5) is 30.6. The fraction of sp³-hybridized carbons (Fsp3) is 0.278. The number of benzene rings is 1. The number of nitrogens with two attached hydrogens (primary N) is 1. The summed E-state index contributed by atoms with van der Waals surface area (Å²) in [7, 11) is 0. The molecule has 2 heterocycles. The molecule has 2 aromatic heterocycles. The Morgan fingerprint density at radius 2 is 1.96 bits per heavy atom. The fourth-order valence-corrected chi connectivity index (χ4v) is 4.70. The zero-order valence-electron chi connectivity index (χ0n) is 14.3. The van der Waals surface area contributed by atoms with Gasteiger partial charge < -0.3 is 5.73 Å². The molecule has 1 aromatic carbocycles. The summed E-state index contributed by atoms with van der Waals surface area (Å²) in [5.74, 6) is 0.231. The van der Waals surface area contributed by atoms with E-state index in [2.05, 4.69) is 0 Å². The van der Waals surface area contributed by atoms with Gasteiger partial charge >= 0.3 is 0 Å². The van der Waals surface area contributed by atoms with E-state index in [-0.39, 0.29) is 5.56 Å². The Kier molecular flexibility index (Phi) is 4.96. The Hall–Kier alpha value is -2.12. The number of aromatic nitrogens is 2. The van der Waals surface area contributed by atoms with Gasteiger partial charge in [-0.15, -0.1) is 11.3 Å². The van der Waals surface area contributed by atoms with Crippen molar-refractivity contribution in [1.82, 2.24) is 9.55 Å². The van der Waals surface area contributed by atoms with Gasteiger partial charge in [0.2, 0.25) is 5.91 Å². The van der Waals surface area contributed by atoms with E-state index >= 15 is 0 Å². The van der Waals surface area contributed by atoms with Crippen molar-refractivity contribution in [3.8, 4) is 0 Å². The molecule has 0 atom stereocenters. The highest BCUT2D eigenvalue weighted by atomic mass is 32.2. The molecule has 0 fully saturated rings. The van der Waals surface area contributed by atoms with Crippen molar-refractivity contribution in [3.05, 3.63) is 56.2 Å². The van der Waals surface area contributed by atoms with Crippen LogP contribution in [0.15, 0.2) is 34.2 Å². The van der Waals surface area contributed by atoms with E-state index in [1.54, 1.807) is 28.0 Å². The summed E-state index contributed by atoms with van der Waals surface area (Å²) in [6, 6.07) is 7.18. The van der Waals surface area contributed by atoms with Crippen LogP contribution in [-0.4, -0.2) is 15.5 Å². The van der Waals surface area contributed by atoms with Gasteiger partial charge in [0, 0.05) is 22.7 Å². The van der Waals surface area contributed by atoms with Crippen LogP contribution < -0.4 is 11.3 Å². The molecule has 0 saturated heterocycles. The number of thioether (sulfide) groups is 1. The predicted octanol–water partition coefficient (Wildman–Crippen LogP) is 3.49. The van der Waals surface area contributed by atoms with Gasteiger partial charge in [-0.3, -0.25) is 14.2 Å². The maximum atomic E-state index is 12.8. The standard InChI is InChI=1S/C18H19N3O2S2/c1-4-21-17(23)14-10(2)11(3)25-16(14)20-18(21)24-9-12-5-7-13(8-6-12)15(19)22/h5-8H,4,9H2,1-3H3,(H2,19,22). The quantitative estimate of drug-likeness (QED) is 0.548. The monoisotopic (exact) mass is 373 g/mol. The molecule has 5 nitrogen and oxygen atoms in total. The third-order valence-corrected chi connectivity index (χ3v) is 6.33. The molecular formula is C18H19N3O2S2. The number of aryl methyl sites for hydroxylation is 2. The predicted molar refractivity (Wildman–Crippen MR) is 104 cm³/mol. The van der Waals surface area contributed by atoms with Gasteiger partial charge in [-0.25, -0.2) is 4.98 Å². The Balaban J connectivity index is 1.93. The first-order valence-electron chi connectivity index (χ1n) is 7.94. The van der Waals surface area contributed by atoms with Crippen LogP contribution in [0.5, 0.6) is 0 Å². The Morgan fingerprint density at radius 3 is 2.56 bits per heavy atom. The number of carbonyl (C=O) groups is 1. The summed E-state index contributed by atoms with van der Waals surface area (Å²) in [5.41, 5.74) is 7.85. The first kappa shape index (κ1) is 17.7. The normalized spacial score (nSPS) is 11.2. The lowest BCUT2D eigenvalue weighted by Crippen LogP contribution is -2.22. The molecule has 25 heavy (non-hydrogen) atoms. The van der Waals surface area contributed by atoms with Crippen molar-refractivity contribution < 1.29 is 4.79 Å². The summed E-state index contributed by atoms with van der Waals surface area (Å²) in [6.45, 7) is 6.53. The van der Waals surface area contributed by atoms with Gasteiger partial charge in [-0.1, -0.05) is 23.9 Å². The molecule has 0 unspecified atom stereocenters. The molecule has 2 N–H and O–H groups in total. The second-order valence-corrected chi connectivity index (χ2v) is 7.90. The molecule has 0 aliphatic carbocycles. The highest BCUT2D eigenvalue weighted by Gasteiger charge is 2.16. The molecule has 0 aliphatic heterocycles. The SMILES string of the molecule is CCn1c(SCc2ccc(C(N)=O)cc2)nc2sc(C)c(C)c2c1=O. The number of nitrogens with zero attached hydrogens (tertiary/aromatic N) is 2. The molecule has 3 rings (SSSR count). The largest absolute Gasteiger partial charge is 0.366 e. The molecule has 0 bridgehead atoms. The number of primary amides is 1.